The van der Waals surface area contributed by atoms with E-state index in [-0.39, 0.29) is 126 Å². The van der Waals surface area contributed by atoms with Crippen molar-refractivity contribution in [1.29, 1.82) is 0 Å². The Labute approximate surface area is 433 Å². The predicted octanol–water partition coefficient (Wildman–Crippen LogP) is 4.20. The van der Waals surface area contributed by atoms with Gasteiger partial charge in [0, 0.05) is 49.2 Å². The molecule has 0 N–H and O–H groups in total. The molecule has 0 aromatic rings. The monoisotopic (exact) mass is 1070 g/mol. The number of ether oxygens (including phenoxy) is 8. The first-order valence-corrected chi connectivity index (χ1v) is 29.4. The van der Waals surface area contributed by atoms with Crippen LogP contribution in [-0.2, 0) is 76.3 Å². The molecule has 4 unspecified atom stereocenters. The highest BCUT2D eigenvalue weighted by atomic mass is 32.2. The first kappa shape index (κ1) is 67.0. The minimum absolute atomic E-state index is 0.0375. The zero-order chi connectivity index (χ0) is 52.5. The van der Waals surface area contributed by atoms with Crippen LogP contribution in [0.3, 0.4) is 0 Å². The Morgan fingerprint density at radius 1 is 0.343 bits per heavy atom. The van der Waals surface area contributed by atoms with E-state index >= 15 is 0 Å². The molecule has 70 heavy (non-hydrogen) atoms. The molecule has 0 aliphatic rings. The smallest absolute Gasteiger partial charge is 0.309 e. The molecule has 406 valence electrons. The Bertz CT molecular complexity index is 1300. The summed E-state index contributed by atoms with van der Waals surface area (Å²) in [6.45, 7) is 10.5. The fourth-order valence-corrected chi connectivity index (χ4v) is 8.77. The molecule has 0 radical (unpaired) electrons. The second-order valence-corrected chi connectivity index (χ2v) is 20.3. The van der Waals surface area contributed by atoms with Crippen LogP contribution in [0, 0.1) is 23.7 Å². The Morgan fingerprint density at radius 3 is 0.771 bits per heavy atom. The first-order chi connectivity index (χ1) is 33.5. The second-order valence-electron chi connectivity index (χ2n) is 16.7. The maximum Gasteiger partial charge on any atom is 0.309 e. The summed E-state index contributed by atoms with van der Waals surface area (Å²) in [5.74, 6) is -1.77. The van der Waals surface area contributed by atoms with E-state index in [0.29, 0.717) is 88.2 Å². The zero-order valence-corrected chi connectivity index (χ0v) is 46.5. The molecule has 0 saturated carbocycles. The van der Waals surface area contributed by atoms with Gasteiger partial charge in [-0.25, -0.2) is 0 Å². The van der Waals surface area contributed by atoms with Gasteiger partial charge >= 0.3 is 47.8 Å². The van der Waals surface area contributed by atoms with Gasteiger partial charge in [0.15, 0.2) is 0 Å². The summed E-state index contributed by atoms with van der Waals surface area (Å²) in [7, 11) is 1.98. The van der Waals surface area contributed by atoms with E-state index < -0.39 is 23.9 Å². The number of carbonyl (C=O) groups excluding carboxylic acids is 8. The molecule has 0 heterocycles. The van der Waals surface area contributed by atoms with Crippen molar-refractivity contribution in [2.45, 2.75) is 66.2 Å². The summed E-state index contributed by atoms with van der Waals surface area (Å²) in [5.41, 5.74) is 0. The van der Waals surface area contributed by atoms with E-state index in [1.54, 1.807) is 74.7 Å². The molecule has 0 aromatic heterocycles. The minimum Gasteiger partial charge on any atom is -0.462 e. The van der Waals surface area contributed by atoms with Gasteiger partial charge in [-0.2, -0.15) is 47.0 Å². The summed E-state index contributed by atoms with van der Waals surface area (Å²) < 4.78 is 42.0. The van der Waals surface area contributed by atoms with Gasteiger partial charge in [-0.1, -0.05) is 27.7 Å². The molecule has 0 rings (SSSR count). The summed E-state index contributed by atoms with van der Waals surface area (Å²) >= 11 is 6.16. The van der Waals surface area contributed by atoms with Gasteiger partial charge in [-0.15, -0.1) is 0 Å². The Kier molecular flexibility index (Phi) is 41.8. The molecule has 23 heteroatoms. The quantitative estimate of drug-likeness (QED) is 0.0474. The van der Waals surface area contributed by atoms with Crippen LogP contribution in [0.1, 0.15) is 66.2 Å². The van der Waals surface area contributed by atoms with Crippen LogP contribution in [0.15, 0.2) is 0 Å². The number of esters is 8. The van der Waals surface area contributed by atoms with Crippen LogP contribution in [0.25, 0.3) is 0 Å². The third-order valence-electron chi connectivity index (χ3n) is 10.2. The van der Waals surface area contributed by atoms with Crippen molar-refractivity contribution in [3.05, 3.63) is 0 Å². The van der Waals surface area contributed by atoms with Crippen molar-refractivity contribution in [1.82, 2.24) is 14.7 Å². The molecule has 4 atom stereocenters. The van der Waals surface area contributed by atoms with Crippen molar-refractivity contribution in [2.24, 2.45) is 23.7 Å². The van der Waals surface area contributed by atoms with E-state index in [1.807, 2.05) is 41.9 Å². The van der Waals surface area contributed by atoms with Crippen LogP contribution in [0.5, 0.6) is 0 Å². The SMILES string of the molecule is CSCC(C)C(=O)OCCOC(=O)CCN(CCCN(C)CCCN(CCC(=O)OCCOC(=O)C(C)CSC)CCC(=O)OCCOC(=O)C(C)CSC)CCC(=O)OCCOC(=O)C(C)CSC. The lowest BCUT2D eigenvalue weighted by molar-refractivity contribution is -0.154. The molecule has 0 saturated heterocycles. The van der Waals surface area contributed by atoms with Crippen LogP contribution in [-0.4, -0.2) is 223 Å². The van der Waals surface area contributed by atoms with E-state index in [4.69, 9.17) is 37.9 Å². The molecule has 0 spiro atoms. The normalized spacial score (nSPS) is 13.0. The number of hydrogen-bond donors (Lipinski definition) is 0. The van der Waals surface area contributed by atoms with Gasteiger partial charge in [0.25, 0.3) is 0 Å². The van der Waals surface area contributed by atoms with E-state index in [1.165, 1.54) is 0 Å². The number of hydrogen-bond acceptors (Lipinski definition) is 23. The van der Waals surface area contributed by atoms with Gasteiger partial charge in [0.1, 0.15) is 52.9 Å². The molecule has 0 fully saturated rings. The van der Waals surface area contributed by atoms with E-state index in [0.717, 1.165) is 0 Å². The zero-order valence-electron chi connectivity index (χ0n) is 43.2. The molecule has 0 bridgehead atoms. The highest BCUT2D eigenvalue weighted by molar-refractivity contribution is 7.99. The predicted molar refractivity (Wildman–Crippen MR) is 276 cm³/mol. The van der Waals surface area contributed by atoms with Gasteiger partial charge in [0.05, 0.1) is 49.4 Å². The number of thioether (sulfide) groups is 4. The number of carbonyl (C=O) groups is 8. The molecule has 19 nitrogen and oxygen atoms in total. The number of nitrogens with zero attached hydrogens (tertiary/aromatic N) is 3. The molecule has 0 amide bonds. The molecule has 0 aliphatic carbocycles. The lowest BCUT2D eigenvalue weighted by atomic mass is 10.2. The van der Waals surface area contributed by atoms with Crippen molar-refractivity contribution < 1.29 is 76.3 Å². The van der Waals surface area contributed by atoms with Crippen molar-refractivity contribution in [3.63, 3.8) is 0 Å². The van der Waals surface area contributed by atoms with Crippen LogP contribution < -0.4 is 0 Å². The largest absolute Gasteiger partial charge is 0.462 e. The Morgan fingerprint density at radius 2 is 0.557 bits per heavy atom. The summed E-state index contributed by atoms with van der Waals surface area (Å²) in [6, 6.07) is 0. The molecular weight excluding hydrogens is 991 g/mol. The molecular formula is C47H83N3O16S4. The summed E-state index contributed by atoms with van der Waals surface area (Å²) in [4.78, 5) is 105. The third kappa shape index (κ3) is 36.9. The molecule has 0 aliphatic heterocycles. The average molecular weight is 1070 g/mol. The molecule has 0 aromatic carbocycles. The van der Waals surface area contributed by atoms with Crippen molar-refractivity contribution >= 4 is 94.8 Å². The van der Waals surface area contributed by atoms with Gasteiger partial charge in [0.2, 0.25) is 0 Å². The van der Waals surface area contributed by atoms with Gasteiger partial charge < -0.3 is 52.6 Å². The van der Waals surface area contributed by atoms with Crippen LogP contribution >= 0.6 is 47.0 Å². The lowest BCUT2D eigenvalue weighted by Crippen LogP contribution is -2.34. The lowest BCUT2D eigenvalue weighted by Gasteiger charge is -2.25. The van der Waals surface area contributed by atoms with Gasteiger partial charge in [-0.05, 0) is 71.1 Å². The third-order valence-corrected chi connectivity index (χ3v) is 13.5. The van der Waals surface area contributed by atoms with E-state index in [2.05, 4.69) is 4.90 Å². The van der Waals surface area contributed by atoms with Crippen LogP contribution in [0.4, 0.5) is 0 Å². The maximum atomic E-state index is 12.6. The fraction of sp³-hybridized carbons (Fsp3) is 0.830. The highest BCUT2D eigenvalue weighted by Crippen LogP contribution is 2.10. The second kappa shape index (κ2) is 43.6. The standard InChI is InChI=1S/C47H83N3O16S4/c1-36(32-67-6)44(55)63-28-24-59-40(51)12-20-49(21-13-41(52)60-25-29-64-45(56)37(2)33-68-7)18-10-16-48(5)17-11-19-50(22-14-42(53)61-26-30-65-46(57)38(3)34-69-8)23-15-43(54)62-27-31-66-47(58)39(4)35-70-9/h36-39H,10-35H2,1-9H3. The topological polar surface area (TPSA) is 220 Å². The minimum atomic E-state index is -0.462. The van der Waals surface area contributed by atoms with Crippen molar-refractivity contribution in [3.8, 4) is 0 Å². The number of rotatable bonds is 44. The maximum absolute atomic E-state index is 12.6. The summed E-state index contributed by atoms with van der Waals surface area (Å²) in [6.07, 6.45) is 9.24. The summed E-state index contributed by atoms with van der Waals surface area (Å²) in [5, 5.41) is 0. The van der Waals surface area contributed by atoms with Crippen molar-refractivity contribution in [2.75, 3.05) is 160 Å². The van der Waals surface area contributed by atoms with Crippen LogP contribution in [0.2, 0.25) is 0 Å². The first-order valence-electron chi connectivity index (χ1n) is 23.9. The van der Waals surface area contributed by atoms with E-state index in [9.17, 15) is 38.4 Å². The Hall–Kier alpha value is -2.96. The highest BCUT2D eigenvalue weighted by Gasteiger charge is 2.19. The Balaban J connectivity index is 5.29. The average Bonchev–Trinajstić information content (AvgIpc) is 3.33. The van der Waals surface area contributed by atoms with Gasteiger partial charge in [-0.3, -0.25) is 38.4 Å². The fourth-order valence-electron chi connectivity index (χ4n) is 6.23.